The van der Waals surface area contributed by atoms with E-state index in [1.54, 1.807) is 17.9 Å². The summed E-state index contributed by atoms with van der Waals surface area (Å²) in [6.45, 7) is 8.11. The van der Waals surface area contributed by atoms with Gasteiger partial charge in [-0.2, -0.15) is 0 Å². The Bertz CT molecular complexity index is 703. The van der Waals surface area contributed by atoms with Gasteiger partial charge in [-0.1, -0.05) is 6.07 Å². The quantitative estimate of drug-likeness (QED) is 0.657. The Kier molecular flexibility index (Phi) is 5.84. The second-order valence-corrected chi connectivity index (χ2v) is 7.49. The number of ether oxygens (including phenoxy) is 1. The van der Waals surface area contributed by atoms with Crippen LogP contribution < -0.4 is 5.32 Å². The van der Waals surface area contributed by atoms with Gasteiger partial charge in [-0.15, -0.1) is 0 Å². The number of likely N-dealkylation sites (tertiary alicyclic amines) is 1. The molecule has 1 aromatic rings. The molecule has 2 rings (SSSR count). The summed E-state index contributed by atoms with van der Waals surface area (Å²) in [5.41, 5.74) is 0.0229. The number of carbonyl (C=O) groups is 2. The van der Waals surface area contributed by atoms with E-state index in [9.17, 15) is 19.7 Å². The number of hydrogen-bond acceptors (Lipinski definition) is 5. The molecule has 142 valence electrons. The molecule has 1 aromatic carbocycles. The average Bonchev–Trinajstić information content (AvgIpc) is 2.53. The lowest BCUT2D eigenvalue weighted by Gasteiger charge is -2.33. The second kappa shape index (κ2) is 7.72. The minimum Gasteiger partial charge on any atom is -0.444 e. The highest BCUT2D eigenvalue weighted by atomic mass is 16.6. The van der Waals surface area contributed by atoms with E-state index in [4.69, 9.17) is 4.74 Å². The number of carbonyl (C=O) groups excluding carboxylic acids is 2. The number of nitrogens with one attached hydrogen (secondary N) is 1. The Balaban J connectivity index is 1.95. The highest BCUT2D eigenvalue weighted by molar-refractivity contribution is 5.98. The summed E-state index contributed by atoms with van der Waals surface area (Å²) in [5, 5.41) is 14.0. The summed E-state index contributed by atoms with van der Waals surface area (Å²) >= 11 is 0. The Morgan fingerprint density at radius 2 is 1.88 bits per heavy atom. The van der Waals surface area contributed by atoms with Crippen LogP contribution >= 0.6 is 0 Å². The van der Waals surface area contributed by atoms with Gasteiger partial charge in [0, 0.05) is 25.2 Å². The molecule has 8 nitrogen and oxygen atoms in total. The molecule has 0 spiro atoms. The first-order valence-electron chi connectivity index (χ1n) is 8.60. The van der Waals surface area contributed by atoms with E-state index in [2.05, 4.69) is 5.32 Å². The fourth-order valence-corrected chi connectivity index (χ4v) is 2.78. The van der Waals surface area contributed by atoms with Crippen molar-refractivity contribution in [2.45, 2.75) is 52.2 Å². The van der Waals surface area contributed by atoms with Crippen molar-refractivity contribution in [2.75, 3.05) is 13.1 Å². The summed E-state index contributed by atoms with van der Waals surface area (Å²) in [5.74, 6) is -0.465. The van der Waals surface area contributed by atoms with Crippen molar-refractivity contribution in [1.29, 1.82) is 0 Å². The Hall–Kier alpha value is -2.64. The Morgan fingerprint density at radius 3 is 2.42 bits per heavy atom. The molecule has 0 bridgehead atoms. The fraction of sp³-hybridized carbons (Fsp3) is 0.556. The van der Waals surface area contributed by atoms with Crippen LogP contribution in [0.5, 0.6) is 0 Å². The van der Waals surface area contributed by atoms with Gasteiger partial charge >= 0.3 is 6.09 Å². The number of benzene rings is 1. The van der Waals surface area contributed by atoms with Gasteiger partial charge in [0.05, 0.1) is 4.92 Å². The van der Waals surface area contributed by atoms with Gasteiger partial charge in [-0.05, 0) is 52.2 Å². The summed E-state index contributed by atoms with van der Waals surface area (Å²) < 4.78 is 5.34. The first kappa shape index (κ1) is 19.7. The number of hydrogen-bond donors (Lipinski definition) is 1. The Labute approximate surface area is 152 Å². The van der Waals surface area contributed by atoms with Crippen molar-refractivity contribution in [3.63, 3.8) is 0 Å². The number of aryl methyl sites for hydroxylation is 1. The highest BCUT2D eigenvalue weighted by Gasteiger charge is 2.29. The smallest absolute Gasteiger partial charge is 0.410 e. The summed E-state index contributed by atoms with van der Waals surface area (Å²) in [7, 11) is 0. The van der Waals surface area contributed by atoms with E-state index < -0.39 is 16.4 Å². The predicted molar refractivity (Wildman–Crippen MR) is 96.1 cm³/mol. The van der Waals surface area contributed by atoms with Gasteiger partial charge in [0.2, 0.25) is 0 Å². The molecule has 1 aliphatic rings. The zero-order chi connectivity index (χ0) is 19.5. The third kappa shape index (κ3) is 5.18. The standard InChI is InChI=1S/C18H25N3O5/c1-12-5-6-14(15(11-12)21(24)25)16(22)19-13-7-9-20(10-8-13)17(23)26-18(2,3)4/h5-6,11,13H,7-10H2,1-4H3,(H,19,22). The van der Waals surface area contributed by atoms with E-state index in [-0.39, 0.29) is 23.4 Å². The molecule has 0 radical (unpaired) electrons. The van der Waals surface area contributed by atoms with E-state index >= 15 is 0 Å². The summed E-state index contributed by atoms with van der Waals surface area (Å²) in [4.78, 5) is 36.7. The second-order valence-electron chi connectivity index (χ2n) is 7.49. The predicted octanol–water partition coefficient (Wildman–Crippen LogP) is 3.03. The molecule has 0 saturated carbocycles. The third-order valence-corrected chi connectivity index (χ3v) is 4.08. The molecule has 0 aliphatic carbocycles. The van der Waals surface area contributed by atoms with Crippen LogP contribution in [0.15, 0.2) is 18.2 Å². The molecule has 1 saturated heterocycles. The molecule has 1 N–H and O–H groups in total. The summed E-state index contributed by atoms with van der Waals surface area (Å²) in [6, 6.07) is 4.40. The van der Waals surface area contributed by atoms with Crippen molar-refractivity contribution in [3.05, 3.63) is 39.4 Å². The molecule has 0 atom stereocenters. The minimum absolute atomic E-state index is 0.0511. The van der Waals surface area contributed by atoms with Gasteiger partial charge in [0.1, 0.15) is 11.2 Å². The maximum absolute atomic E-state index is 12.4. The highest BCUT2D eigenvalue weighted by Crippen LogP contribution is 2.21. The number of rotatable bonds is 3. The van der Waals surface area contributed by atoms with Gasteiger partial charge < -0.3 is 15.0 Å². The lowest BCUT2D eigenvalue weighted by Crippen LogP contribution is -2.47. The van der Waals surface area contributed by atoms with Crippen LogP contribution in [0, 0.1) is 17.0 Å². The number of piperidine rings is 1. The van der Waals surface area contributed by atoms with Crippen LogP contribution in [0.25, 0.3) is 0 Å². The van der Waals surface area contributed by atoms with E-state index in [1.165, 1.54) is 12.1 Å². The minimum atomic E-state index is -0.549. The maximum atomic E-state index is 12.4. The molecule has 1 aliphatic heterocycles. The molecule has 0 aromatic heterocycles. The number of nitrogens with zero attached hydrogens (tertiary/aromatic N) is 2. The number of nitro benzene ring substituents is 1. The van der Waals surface area contributed by atoms with Crippen molar-refractivity contribution < 1.29 is 19.2 Å². The molecule has 0 unspecified atom stereocenters. The molecule has 1 heterocycles. The molecular formula is C18H25N3O5. The topological polar surface area (TPSA) is 102 Å². The number of amides is 2. The van der Waals surface area contributed by atoms with Crippen LogP contribution in [-0.2, 0) is 4.74 Å². The zero-order valence-corrected chi connectivity index (χ0v) is 15.6. The molecule has 26 heavy (non-hydrogen) atoms. The van der Waals surface area contributed by atoms with Crippen LogP contribution in [0.1, 0.15) is 49.5 Å². The first-order chi connectivity index (χ1) is 12.1. The first-order valence-corrected chi connectivity index (χ1v) is 8.60. The SMILES string of the molecule is Cc1ccc(C(=O)NC2CCN(C(=O)OC(C)(C)C)CC2)c([N+](=O)[O-])c1. The van der Waals surface area contributed by atoms with Gasteiger partial charge in [-0.3, -0.25) is 14.9 Å². The van der Waals surface area contributed by atoms with Gasteiger partial charge in [-0.25, -0.2) is 4.79 Å². The Morgan fingerprint density at radius 1 is 1.27 bits per heavy atom. The largest absolute Gasteiger partial charge is 0.444 e. The molecular weight excluding hydrogens is 338 g/mol. The zero-order valence-electron chi connectivity index (χ0n) is 15.6. The lowest BCUT2D eigenvalue weighted by molar-refractivity contribution is -0.385. The van der Waals surface area contributed by atoms with Gasteiger partial charge in [0.25, 0.3) is 11.6 Å². The monoisotopic (exact) mass is 363 g/mol. The third-order valence-electron chi connectivity index (χ3n) is 4.08. The molecule has 1 fully saturated rings. The average molecular weight is 363 g/mol. The molecule has 2 amide bonds. The fourth-order valence-electron chi connectivity index (χ4n) is 2.78. The van der Waals surface area contributed by atoms with Crippen molar-refractivity contribution in [3.8, 4) is 0 Å². The lowest BCUT2D eigenvalue weighted by atomic mass is 10.0. The summed E-state index contributed by atoms with van der Waals surface area (Å²) in [6.07, 6.45) is 0.784. The van der Waals surface area contributed by atoms with E-state index in [0.29, 0.717) is 25.9 Å². The maximum Gasteiger partial charge on any atom is 0.410 e. The normalized spacial score (nSPS) is 15.5. The van der Waals surface area contributed by atoms with Crippen molar-refractivity contribution in [1.82, 2.24) is 10.2 Å². The van der Waals surface area contributed by atoms with Crippen LogP contribution in [0.4, 0.5) is 10.5 Å². The number of nitro groups is 1. The van der Waals surface area contributed by atoms with Crippen LogP contribution in [0.2, 0.25) is 0 Å². The van der Waals surface area contributed by atoms with Crippen molar-refractivity contribution >= 4 is 17.7 Å². The van der Waals surface area contributed by atoms with Crippen LogP contribution in [0.3, 0.4) is 0 Å². The molecule has 8 heteroatoms. The van der Waals surface area contributed by atoms with Gasteiger partial charge in [0.15, 0.2) is 0 Å². The van der Waals surface area contributed by atoms with E-state index in [0.717, 1.165) is 5.56 Å². The van der Waals surface area contributed by atoms with Crippen molar-refractivity contribution in [2.24, 2.45) is 0 Å². The van der Waals surface area contributed by atoms with Crippen LogP contribution in [-0.4, -0.2) is 46.6 Å². The van der Waals surface area contributed by atoms with E-state index in [1.807, 2.05) is 20.8 Å².